The molecule has 1 aromatic rings. The van der Waals surface area contributed by atoms with Gasteiger partial charge in [-0.25, -0.2) is 0 Å². The largest absolute Gasteiger partial charge is 0.383 e. The molecule has 0 saturated carbocycles. The molecule has 0 unspecified atom stereocenters. The zero-order valence-electron chi connectivity index (χ0n) is 13.4. The fraction of sp³-hybridized carbons (Fsp3) is 0.733. The Hall–Kier alpha value is -1.20. The quantitative estimate of drug-likeness (QED) is 0.788. The highest BCUT2D eigenvalue weighted by Gasteiger charge is 2.20. The van der Waals surface area contributed by atoms with Crippen molar-refractivity contribution in [3.05, 3.63) is 16.8 Å². The molecule has 1 heterocycles. The van der Waals surface area contributed by atoms with E-state index in [1.165, 1.54) is 5.56 Å². The van der Waals surface area contributed by atoms with Crippen molar-refractivity contribution in [2.45, 2.75) is 53.1 Å². The number of nitrogens with zero attached hydrogens (tertiary/aromatic N) is 3. The summed E-state index contributed by atoms with van der Waals surface area (Å²) in [7, 11) is 1.71. The van der Waals surface area contributed by atoms with Gasteiger partial charge in [-0.2, -0.15) is 5.10 Å². The number of aryl methyl sites for hydroxylation is 1. The number of hydrogen-bond acceptors (Lipinski definition) is 5. The van der Waals surface area contributed by atoms with Gasteiger partial charge < -0.3 is 15.4 Å². The summed E-state index contributed by atoms with van der Waals surface area (Å²) in [5.74, 6) is 0.911. The Labute approximate surface area is 122 Å². The number of ether oxygens (including phenoxy) is 1. The minimum absolute atomic E-state index is 0.335. The van der Waals surface area contributed by atoms with Crippen LogP contribution in [0.3, 0.4) is 0 Å². The second kappa shape index (κ2) is 8.17. The van der Waals surface area contributed by atoms with E-state index in [1.54, 1.807) is 7.11 Å². The first kappa shape index (κ1) is 16.9. The van der Waals surface area contributed by atoms with Gasteiger partial charge in [0.2, 0.25) is 0 Å². The van der Waals surface area contributed by atoms with Gasteiger partial charge in [-0.05, 0) is 32.3 Å². The number of nitrogens with two attached hydrogens (primary N) is 1. The zero-order valence-corrected chi connectivity index (χ0v) is 13.4. The maximum Gasteiger partial charge on any atom is 0.156 e. The predicted octanol–water partition coefficient (Wildman–Crippen LogP) is 1.92. The maximum atomic E-state index is 5.99. The van der Waals surface area contributed by atoms with Gasteiger partial charge in [0.1, 0.15) is 0 Å². The van der Waals surface area contributed by atoms with Crippen molar-refractivity contribution >= 4 is 5.82 Å². The first-order valence-corrected chi connectivity index (χ1v) is 7.43. The second-order valence-electron chi connectivity index (χ2n) is 5.12. The highest BCUT2D eigenvalue weighted by atomic mass is 16.5. The van der Waals surface area contributed by atoms with E-state index in [4.69, 9.17) is 10.5 Å². The molecule has 0 amide bonds. The van der Waals surface area contributed by atoms with Gasteiger partial charge in [-0.1, -0.05) is 13.8 Å². The summed E-state index contributed by atoms with van der Waals surface area (Å²) in [4.78, 5) is 2.22. The first-order valence-electron chi connectivity index (χ1n) is 7.43. The lowest BCUT2D eigenvalue weighted by Crippen LogP contribution is -2.36. The fourth-order valence-electron chi connectivity index (χ4n) is 2.48. The van der Waals surface area contributed by atoms with Crippen LogP contribution in [0.15, 0.2) is 0 Å². The zero-order chi connectivity index (χ0) is 15.1. The third-order valence-corrected chi connectivity index (χ3v) is 3.57. The molecule has 0 aliphatic rings. The first-order chi connectivity index (χ1) is 9.60. The van der Waals surface area contributed by atoms with E-state index in [1.807, 2.05) is 0 Å². The average molecular weight is 280 g/mol. The van der Waals surface area contributed by atoms with Crippen LogP contribution in [0.2, 0.25) is 0 Å². The minimum Gasteiger partial charge on any atom is -0.383 e. The number of methoxy groups -OCH3 is 1. The van der Waals surface area contributed by atoms with Crippen LogP contribution in [0.1, 0.15) is 44.5 Å². The standard InChI is InChI=1S/C15H28N4O/c1-6-12-13(10-16)15(18-17-14(12)7-2)19(11(3)4)8-9-20-5/h11H,6-10,16H2,1-5H3. The van der Waals surface area contributed by atoms with Crippen molar-refractivity contribution in [3.8, 4) is 0 Å². The Morgan fingerprint density at radius 3 is 2.30 bits per heavy atom. The molecule has 0 bridgehead atoms. The van der Waals surface area contributed by atoms with Crippen LogP contribution >= 0.6 is 0 Å². The molecule has 5 nitrogen and oxygen atoms in total. The number of anilines is 1. The number of aromatic nitrogens is 2. The van der Waals surface area contributed by atoms with Crippen molar-refractivity contribution in [1.29, 1.82) is 0 Å². The molecule has 1 aromatic heterocycles. The lowest BCUT2D eigenvalue weighted by molar-refractivity contribution is 0.203. The van der Waals surface area contributed by atoms with Crippen LogP contribution in [-0.2, 0) is 24.1 Å². The maximum absolute atomic E-state index is 5.99. The molecule has 5 heteroatoms. The summed E-state index contributed by atoms with van der Waals surface area (Å²) in [6.45, 7) is 10.5. The Kier molecular flexibility index (Phi) is 6.88. The summed E-state index contributed by atoms with van der Waals surface area (Å²) in [6.07, 6.45) is 1.83. The summed E-state index contributed by atoms with van der Waals surface area (Å²) in [5.41, 5.74) is 9.44. The Morgan fingerprint density at radius 1 is 1.15 bits per heavy atom. The molecule has 114 valence electrons. The molecule has 1 rings (SSSR count). The monoisotopic (exact) mass is 280 g/mol. The van der Waals surface area contributed by atoms with E-state index in [-0.39, 0.29) is 0 Å². The molecule has 0 spiro atoms. The topological polar surface area (TPSA) is 64.3 Å². The van der Waals surface area contributed by atoms with Gasteiger partial charge in [0.25, 0.3) is 0 Å². The molecule has 0 saturated heterocycles. The molecule has 0 aliphatic carbocycles. The highest BCUT2D eigenvalue weighted by molar-refractivity contribution is 5.52. The Morgan fingerprint density at radius 2 is 1.85 bits per heavy atom. The third kappa shape index (κ3) is 3.67. The van der Waals surface area contributed by atoms with Crippen molar-refractivity contribution in [3.63, 3.8) is 0 Å². The molecule has 0 aromatic carbocycles. The van der Waals surface area contributed by atoms with E-state index < -0.39 is 0 Å². The summed E-state index contributed by atoms with van der Waals surface area (Å²) in [6, 6.07) is 0.335. The number of hydrogen-bond donors (Lipinski definition) is 1. The van der Waals surface area contributed by atoms with Gasteiger partial charge in [-0.3, -0.25) is 0 Å². The molecule has 0 fully saturated rings. The van der Waals surface area contributed by atoms with E-state index in [2.05, 4.69) is 42.8 Å². The molecule has 20 heavy (non-hydrogen) atoms. The van der Waals surface area contributed by atoms with Crippen LogP contribution in [0.5, 0.6) is 0 Å². The van der Waals surface area contributed by atoms with Crippen LogP contribution in [-0.4, -0.2) is 36.5 Å². The van der Waals surface area contributed by atoms with Gasteiger partial charge in [0, 0.05) is 31.8 Å². The van der Waals surface area contributed by atoms with Crippen LogP contribution < -0.4 is 10.6 Å². The van der Waals surface area contributed by atoms with Crippen LogP contribution in [0, 0.1) is 0 Å². The Balaban J connectivity index is 3.26. The fourth-order valence-corrected chi connectivity index (χ4v) is 2.48. The van der Waals surface area contributed by atoms with Crippen molar-refractivity contribution in [2.24, 2.45) is 5.73 Å². The van der Waals surface area contributed by atoms with E-state index in [0.717, 1.165) is 36.5 Å². The lowest BCUT2D eigenvalue weighted by Gasteiger charge is -2.30. The van der Waals surface area contributed by atoms with E-state index in [0.29, 0.717) is 19.2 Å². The van der Waals surface area contributed by atoms with E-state index >= 15 is 0 Å². The van der Waals surface area contributed by atoms with E-state index in [9.17, 15) is 0 Å². The molecule has 2 N–H and O–H groups in total. The van der Waals surface area contributed by atoms with Gasteiger partial charge in [-0.15, -0.1) is 5.10 Å². The van der Waals surface area contributed by atoms with Gasteiger partial charge in [0.05, 0.1) is 12.3 Å². The SMILES string of the molecule is CCc1nnc(N(CCOC)C(C)C)c(CN)c1CC. The summed E-state index contributed by atoms with van der Waals surface area (Å²) < 4.78 is 5.20. The smallest absolute Gasteiger partial charge is 0.156 e. The summed E-state index contributed by atoms with van der Waals surface area (Å²) in [5, 5.41) is 8.84. The van der Waals surface area contributed by atoms with Crippen LogP contribution in [0.4, 0.5) is 5.82 Å². The lowest BCUT2D eigenvalue weighted by atomic mass is 10.0. The number of rotatable bonds is 8. The normalized spacial score (nSPS) is 11.2. The second-order valence-corrected chi connectivity index (χ2v) is 5.12. The van der Waals surface area contributed by atoms with Crippen LogP contribution in [0.25, 0.3) is 0 Å². The summed E-state index contributed by atoms with van der Waals surface area (Å²) >= 11 is 0. The van der Waals surface area contributed by atoms with Crippen molar-refractivity contribution in [2.75, 3.05) is 25.2 Å². The van der Waals surface area contributed by atoms with Gasteiger partial charge >= 0.3 is 0 Å². The highest BCUT2D eigenvalue weighted by Crippen LogP contribution is 2.25. The Bertz CT molecular complexity index is 421. The minimum atomic E-state index is 0.335. The van der Waals surface area contributed by atoms with Crippen molar-refractivity contribution < 1.29 is 4.74 Å². The molecule has 0 radical (unpaired) electrons. The van der Waals surface area contributed by atoms with Crippen molar-refractivity contribution in [1.82, 2.24) is 10.2 Å². The molecule has 0 atom stereocenters. The molecular formula is C15H28N4O. The predicted molar refractivity (Wildman–Crippen MR) is 83.0 cm³/mol. The average Bonchev–Trinajstić information content (AvgIpc) is 2.46. The van der Waals surface area contributed by atoms with Gasteiger partial charge in [0.15, 0.2) is 5.82 Å². The molecule has 0 aliphatic heterocycles. The molecular weight excluding hydrogens is 252 g/mol. The third-order valence-electron chi connectivity index (χ3n) is 3.57.